The van der Waals surface area contributed by atoms with E-state index in [2.05, 4.69) is 17.3 Å². The van der Waals surface area contributed by atoms with Gasteiger partial charge in [-0.3, -0.25) is 9.36 Å². The molecule has 4 rings (SSSR count). The van der Waals surface area contributed by atoms with E-state index in [0.29, 0.717) is 5.82 Å². The Morgan fingerprint density at radius 3 is 2.68 bits per heavy atom. The van der Waals surface area contributed by atoms with E-state index in [1.165, 1.54) is 10.2 Å². The quantitative estimate of drug-likeness (QED) is 0.623. The minimum absolute atomic E-state index is 0.0888. The Balaban J connectivity index is 1.47. The average molecular weight is 397 g/mol. The van der Waals surface area contributed by atoms with Gasteiger partial charge < -0.3 is 5.32 Å². The van der Waals surface area contributed by atoms with Gasteiger partial charge in [-0.2, -0.15) is 0 Å². The Morgan fingerprint density at radius 1 is 1.25 bits per heavy atom. The number of nitrogens with one attached hydrogen (secondary N) is 1. The van der Waals surface area contributed by atoms with Gasteiger partial charge in [0, 0.05) is 11.7 Å². The van der Waals surface area contributed by atoms with E-state index in [-0.39, 0.29) is 24.2 Å². The number of aryl methyl sites for hydroxylation is 1. The summed E-state index contributed by atoms with van der Waals surface area (Å²) < 4.78 is 3.01. The van der Waals surface area contributed by atoms with Crippen molar-refractivity contribution in [2.45, 2.75) is 51.6 Å². The van der Waals surface area contributed by atoms with Gasteiger partial charge in [0.25, 0.3) is 0 Å². The highest BCUT2D eigenvalue weighted by atomic mass is 32.1. The van der Waals surface area contributed by atoms with Crippen molar-refractivity contribution in [2.24, 2.45) is 0 Å². The van der Waals surface area contributed by atoms with E-state index < -0.39 is 0 Å². The van der Waals surface area contributed by atoms with E-state index in [1.807, 2.05) is 41.8 Å². The van der Waals surface area contributed by atoms with E-state index in [0.717, 1.165) is 42.7 Å². The third kappa shape index (κ3) is 4.09. The van der Waals surface area contributed by atoms with Gasteiger partial charge in [0.05, 0.1) is 4.88 Å². The average Bonchev–Trinajstić information content (AvgIpc) is 3.27. The zero-order chi connectivity index (χ0) is 19.5. The van der Waals surface area contributed by atoms with Crippen molar-refractivity contribution in [3.05, 3.63) is 57.8 Å². The van der Waals surface area contributed by atoms with Gasteiger partial charge in [0.15, 0.2) is 5.82 Å². The molecule has 0 spiro atoms. The second kappa shape index (κ2) is 8.14. The second-order valence-corrected chi connectivity index (χ2v) is 8.14. The molecular weight excluding hydrogens is 372 g/mol. The first-order valence-electron chi connectivity index (χ1n) is 9.77. The first-order valence-corrected chi connectivity index (χ1v) is 10.7. The molecule has 0 bridgehead atoms. The van der Waals surface area contributed by atoms with Crippen LogP contribution in [0.5, 0.6) is 0 Å². The molecule has 1 saturated carbocycles. The smallest absolute Gasteiger partial charge is 0.324 e. The van der Waals surface area contributed by atoms with Crippen LogP contribution >= 0.6 is 11.3 Å². The molecule has 1 aliphatic rings. The Morgan fingerprint density at radius 2 is 2.04 bits per heavy atom. The van der Waals surface area contributed by atoms with Crippen LogP contribution in [0, 0.1) is 0 Å². The summed E-state index contributed by atoms with van der Waals surface area (Å²) in [5, 5.41) is 9.29. The molecule has 1 amide bonds. The van der Waals surface area contributed by atoms with Crippen LogP contribution in [-0.2, 0) is 17.8 Å². The fourth-order valence-corrected chi connectivity index (χ4v) is 3.94. The maximum atomic E-state index is 12.8. The number of hydrogen-bond donors (Lipinski definition) is 1. The van der Waals surface area contributed by atoms with Crippen molar-refractivity contribution in [1.82, 2.24) is 14.3 Å². The summed E-state index contributed by atoms with van der Waals surface area (Å²) in [6.45, 7) is 2.08. The van der Waals surface area contributed by atoms with Crippen LogP contribution in [0.2, 0.25) is 0 Å². The maximum Gasteiger partial charge on any atom is 0.346 e. The number of hydrogen-bond acceptors (Lipinski definition) is 4. The zero-order valence-electron chi connectivity index (χ0n) is 15.9. The molecule has 7 heteroatoms. The number of carbonyl (C=O) groups is 1. The molecule has 0 atom stereocenters. The van der Waals surface area contributed by atoms with Gasteiger partial charge in [-0.25, -0.2) is 9.48 Å². The van der Waals surface area contributed by atoms with Crippen LogP contribution in [0.4, 0.5) is 5.69 Å². The van der Waals surface area contributed by atoms with Crippen molar-refractivity contribution in [2.75, 3.05) is 5.32 Å². The molecule has 3 aromatic rings. The lowest BCUT2D eigenvalue weighted by Crippen LogP contribution is -2.30. The summed E-state index contributed by atoms with van der Waals surface area (Å²) in [5.74, 6) is 0.414. The largest absolute Gasteiger partial charge is 0.346 e. The lowest BCUT2D eigenvalue weighted by molar-refractivity contribution is -0.117. The minimum atomic E-state index is -0.249. The maximum absolute atomic E-state index is 12.8. The summed E-state index contributed by atoms with van der Waals surface area (Å²) >= 11 is 1.55. The van der Waals surface area contributed by atoms with Crippen LogP contribution in [0.1, 0.15) is 44.2 Å². The lowest BCUT2D eigenvalue weighted by atomic mass is 10.1. The molecule has 1 N–H and O–H groups in total. The second-order valence-electron chi connectivity index (χ2n) is 7.19. The van der Waals surface area contributed by atoms with Crippen molar-refractivity contribution in [1.29, 1.82) is 0 Å². The Bertz CT molecular complexity index is 998. The van der Waals surface area contributed by atoms with E-state index in [4.69, 9.17) is 0 Å². The monoisotopic (exact) mass is 396 g/mol. The molecule has 1 aromatic carbocycles. The molecule has 6 nitrogen and oxygen atoms in total. The highest BCUT2D eigenvalue weighted by molar-refractivity contribution is 7.13. The highest BCUT2D eigenvalue weighted by Gasteiger charge is 2.31. The topological polar surface area (TPSA) is 68.9 Å². The Kier molecular flexibility index (Phi) is 5.43. The van der Waals surface area contributed by atoms with Gasteiger partial charge in [0.1, 0.15) is 6.54 Å². The normalized spacial score (nSPS) is 13.6. The molecule has 0 saturated heterocycles. The standard InChI is InChI=1S/C21H24N4O2S/c1-2-3-5-15-7-9-16(10-8-15)22-19(26)14-24-21(27)25(17-11-12-17)20(23-24)18-6-4-13-28-18/h4,6-10,13,17H,2-3,5,11-12,14H2,1H3,(H,22,26). The zero-order valence-corrected chi connectivity index (χ0v) is 16.7. The number of anilines is 1. The third-order valence-corrected chi connectivity index (χ3v) is 5.74. The van der Waals surface area contributed by atoms with Gasteiger partial charge in [-0.05, 0) is 54.8 Å². The first kappa shape index (κ1) is 18.7. The Hall–Kier alpha value is -2.67. The summed E-state index contributed by atoms with van der Waals surface area (Å²) in [6.07, 6.45) is 5.34. The first-order chi connectivity index (χ1) is 13.7. The summed E-state index contributed by atoms with van der Waals surface area (Å²) in [7, 11) is 0. The number of unbranched alkanes of at least 4 members (excludes halogenated alkanes) is 1. The molecule has 0 radical (unpaired) electrons. The van der Waals surface area contributed by atoms with Gasteiger partial charge in [-0.15, -0.1) is 16.4 Å². The molecule has 1 fully saturated rings. The molecule has 2 heterocycles. The van der Waals surface area contributed by atoms with Crippen molar-refractivity contribution >= 4 is 22.9 Å². The van der Waals surface area contributed by atoms with E-state index >= 15 is 0 Å². The van der Waals surface area contributed by atoms with E-state index in [1.54, 1.807) is 15.9 Å². The fraction of sp³-hybridized carbons (Fsp3) is 0.381. The minimum Gasteiger partial charge on any atom is -0.324 e. The molecule has 146 valence electrons. The van der Waals surface area contributed by atoms with Crippen LogP contribution in [0.25, 0.3) is 10.7 Å². The predicted molar refractivity (Wildman–Crippen MR) is 112 cm³/mol. The summed E-state index contributed by atoms with van der Waals surface area (Å²) in [6, 6.07) is 12.0. The van der Waals surface area contributed by atoms with Gasteiger partial charge >= 0.3 is 5.69 Å². The molecule has 0 aliphatic heterocycles. The molecular formula is C21H24N4O2S. The number of aromatic nitrogens is 3. The number of benzene rings is 1. The molecule has 1 aliphatic carbocycles. The van der Waals surface area contributed by atoms with Crippen LogP contribution in [0.15, 0.2) is 46.6 Å². The van der Waals surface area contributed by atoms with Gasteiger partial charge in [0.2, 0.25) is 5.91 Å². The molecule has 2 aromatic heterocycles. The van der Waals surface area contributed by atoms with Crippen LogP contribution < -0.4 is 11.0 Å². The Labute approximate surface area is 167 Å². The molecule has 28 heavy (non-hydrogen) atoms. The lowest BCUT2D eigenvalue weighted by Gasteiger charge is -2.06. The number of rotatable bonds is 8. The third-order valence-electron chi connectivity index (χ3n) is 4.87. The van der Waals surface area contributed by atoms with Crippen LogP contribution in [-0.4, -0.2) is 20.3 Å². The van der Waals surface area contributed by atoms with Crippen molar-refractivity contribution in [3.63, 3.8) is 0 Å². The number of carbonyl (C=O) groups excluding carboxylic acids is 1. The summed E-state index contributed by atoms with van der Waals surface area (Å²) in [4.78, 5) is 26.2. The highest BCUT2D eigenvalue weighted by Crippen LogP contribution is 2.37. The van der Waals surface area contributed by atoms with Crippen molar-refractivity contribution in [3.8, 4) is 10.7 Å². The predicted octanol–water partition coefficient (Wildman–Crippen LogP) is 4.09. The van der Waals surface area contributed by atoms with E-state index in [9.17, 15) is 9.59 Å². The van der Waals surface area contributed by atoms with Crippen molar-refractivity contribution < 1.29 is 4.79 Å². The number of nitrogens with zero attached hydrogens (tertiary/aromatic N) is 3. The summed E-state index contributed by atoms with van der Waals surface area (Å²) in [5.41, 5.74) is 1.79. The number of thiophene rings is 1. The fourth-order valence-electron chi connectivity index (χ4n) is 3.23. The van der Waals surface area contributed by atoms with Gasteiger partial charge in [-0.1, -0.05) is 31.5 Å². The molecule has 0 unspecified atom stereocenters. The number of amides is 1. The SMILES string of the molecule is CCCCc1ccc(NC(=O)Cn2nc(-c3cccs3)n(C3CC3)c2=O)cc1. The van der Waals surface area contributed by atoms with Crippen LogP contribution in [0.3, 0.4) is 0 Å².